The summed E-state index contributed by atoms with van der Waals surface area (Å²) in [5.41, 5.74) is 0.598. The Labute approximate surface area is 132 Å². The Morgan fingerprint density at radius 1 is 1.27 bits per heavy atom. The van der Waals surface area contributed by atoms with E-state index in [0.29, 0.717) is 13.2 Å². The van der Waals surface area contributed by atoms with Crippen molar-refractivity contribution in [3.05, 3.63) is 48.0 Å². The van der Waals surface area contributed by atoms with Crippen LogP contribution in [0.15, 0.2) is 47.5 Å². The first kappa shape index (κ1) is 18.1. The van der Waals surface area contributed by atoms with Gasteiger partial charge in [-0.3, -0.25) is 4.99 Å². The van der Waals surface area contributed by atoms with Crippen LogP contribution >= 0.6 is 0 Å². The molecule has 1 atom stereocenters. The van der Waals surface area contributed by atoms with Crippen LogP contribution in [0.1, 0.15) is 33.3 Å². The van der Waals surface area contributed by atoms with Crippen molar-refractivity contribution in [3.8, 4) is 0 Å². The highest BCUT2D eigenvalue weighted by atomic mass is 16.6. The molecule has 1 aromatic carbocycles. The molecule has 120 valence electrons. The lowest BCUT2D eigenvalue weighted by Gasteiger charge is -2.18. The molecule has 4 nitrogen and oxygen atoms in total. The number of hydrogen-bond acceptors (Lipinski definition) is 4. The first-order chi connectivity index (χ1) is 10.4. The highest BCUT2D eigenvalue weighted by Crippen LogP contribution is 2.07. The molecule has 0 aliphatic rings. The maximum absolute atomic E-state index is 11.6. The van der Waals surface area contributed by atoms with Crippen molar-refractivity contribution >= 4 is 12.2 Å². The van der Waals surface area contributed by atoms with E-state index >= 15 is 0 Å². The van der Waals surface area contributed by atoms with Crippen LogP contribution in [0.25, 0.3) is 0 Å². The van der Waals surface area contributed by atoms with E-state index in [0.717, 1.165) is 5.56 Å². The topological polar surface area (TPSA) is 47.9 Å². The van der Waals surface area contributed by atoms with Crippen molar-refractivity contribution in [1.82, 2.24) is 0 Å². The van der Waals surface area contributed by atoms with Crippen molar-refractivity contribution < 1.29 is 14.3 Å². The van der Waals surface area contributed by atoms with E-state index in [1.165, 1.54) is 6.21 Å². The standard InChI is InChI=1S/C18H25NO3/c1-5-9-16(19-12-17(20)22-18(2,3)4)14-21-13-15-10-7-6-8-11-15/h5-12,16H,13-14H2,1-4H3/b9-5-,19-12?/t16-/m0/s1. The molecule has 1 aromatic rings. The number of ether oxygens (including phenoxy) is 2. The molecule has 0 unspecified atom stereocenters. The number of carbonyl (C=O) groups is 1. The molecule has 4 heteroatoms. The highest BCUT2D eigenvalue weighted by Gasteiger charge is 2.14. The third kappa shape index (κ3) is 8.37. The predicted octanol–water partition coefficient (Wildman–Crippen LogP) is 3.56. The average molecular weight is 303 g/mol. The molecule has 22 heavy (non-hydrogen) atoms. The SMILES string of the molecule is C/C=C\[C@@H](COCc1ccccc1)N=CC(=O)OC(C)(C)C. The molecule has 1 rings (SSSR count). The van der Waals surface area contributed by atoms with Gasteiger partial charge in [0.2, 0.25) is 0 Å². The largest absolute Gasteiger partial charge is 0.456 e. The number of nitrogens with zero attached hydrogens (tertiary/aromatic N) is 1. The van der Waals surface area contributed by atoms with Crippen LogP contribution < -0.4 is 0 Å². The Kier molecular flexibility index (Phi) is 7.54. The van der Waals surface area contributed by atoms with Crippen LogP contribution in [0.4, 0.5) is 0 Å². The molecule has 0 fully saturated rings. The lowest BCUT2D eigenvalue weighted by atomic mass is 10.2. The van der Waals surface area contributed by atoms with Crippen LogP contribution in [0, 0.1) is 0 Å². The Morgan fingerprint density at radius 2 is 1.95 bits per heavy atom. The Bertz CT molecular complexity index is 501. The van der Waals surface area contributed by atoms with E-state index in [2.05, 4.69) is 4.99 Å². The molecule has 0 saturated carbocycles. The minimum Gasteiger partial charge on any atom is -0.456 e. The van der Waals surface area contributed by atoms with Crippen LogP contribution in [0.3, 0.4) is 0 Å². The second kappa shape index (κ2) is 9.15. The van der Waals surface area contributed by atoms with Crippen molar-refractivity contribution in [1.29, 1.82) is 0 Å². The molecule has 0 N–H and O–H groups in total. The summed E-state index contributed by atoms with van der Waals surface area (Å²) < 4.78 is 10.8. The second-order valence-corrected chi connectivity index (χ2v) is 5.91. The molecule has 0 heterocycles. The van der Waals surface area contributed by atoms with E-state index in [1.807, 2.05) is 70.2 Å². The molecule has 0 aliphatic heterocycles. The second-order valence-electron chi connectivity index (χ2n) is 5.91. The van der Waals surface area contributed by atoms with Gasteiger partial charge in [-0.15, -0.1) is 0 Å². The molecule has 0 saturated heterocycles. The maximum Gasteiger partial charge on any atom is 0.349 e. The fourth-order valence-electron chi connectivity index (χ4n) is 1.73. The molecular weight excluding hydrogens is 278 g/mol. The van der Waals surface area contributed by atoms with Gasteiger partial charge in [-0.05, 0) is 33.3 Å². The highest BCUT2D eigenvalue weighted by molar-refractivity contribution is 6.23. The lowest BCUT2D eigenvalue weighted by molar-refractivity contribution is -0.145. The predicted molar refractivity (Wildman–Crippen MR) is 89.0 cm³/mol. The summed E-state index contributed by atoms with van der Waals surface area (Å²) in [6.45, 7) is 8.32. The number of esters is 1. The van der Waals surface area contributed by atoms with Gasteiger partial charge in [0.25, 0.3) is 0 Å². The van der Waals surface area contributed by atoms with Gasteiger partial charge in [0.05, 0.1) is 19.3 Å². The van der Waals surface area contributed by atoms with Crippen molar-refractivity contribution in [2.24, 2.45) is 4.99 Å². The van der Waals surface area contributed by atoms with E-state index in [-0.39, 0.29) is 6.04 Å². The van der Waals surface area contributed by atoms with Crippen LogP contribution in [0.2, 0.25) is 0 Å². The zero-order chi connectivity index (χ0) is 16.4. The van der Waals surface area contributed by atoms with Gasteiger partial charge in [-0.1, -0.05) is 42.5 Å². The number of aliphatic imine (C=N–C) groups is 1. The Hall–Kier alpha value is -1.94. The fraction of sp³-hybridized carbons (Fsp3) is 0.444. The summed E-state index contributed by atoms with van der Waals surface area (Å²) in [6.07, 6.45) is 5.01. The third-order valence-electron chi connectivity index (χ3n) is 2.59. The van der Waals surface area contributed by atoms with E-state index in [4.69, 9.17) is 9.47 Å². The summed E-state index contributed by atoms with van der Waals surface area (Å²) in [5.74, 6) is -0.440. The minimum absolute atomic E-state index is 0.193. The molecule has 0 aliphatic carbocycles. The average Bonchev–Trinajstić information content (AvgIpc) is 2.44. The van der Waals surface area contributed by atoms with Gasteiger partial charge in [-0.25, -0.2) is 4.79 Å². The van der Waals surface area contributed by atoms with Gasteiger partial charge in [0.15, 0.2) is 0 Å². The number of rotatable bonds is 7. The van der Waals surface area contributed by atoms with Crippen molar-refractivity contribution in [2.45, 2.75) is 45.9 Å². The lowest BCUT2D eigenvalue weighted by Crippen LogP contribution is -2.25. The number of allylic oxidation sites excluding steroid dienone is 1. The summed E-state index contributed by atoms with van der Waals surface area (Å²) in [4.78, 5) is 15.8. The Balaban J connectivity index is 2.46. The number of hydrogen-bond donors (Lipinski definition) is 0. The van der Waals surface area contributed by atoms with Crippen molar-refractivity contribution in [3.63, 3.8) is 0 Å². The molecule has 0 spiro atoms. The minimum atomic E-state index is -0.511. The van der Waals surface area contributed by atoms with E-state index in [9.17, 15) is 4.79 Å². The first-order valence-corrected chi connectivity index (χ1v) is 7.41. The molecule has 0 bridgehead atoms. The van der Waals surface area contributed by atoms with Gasteiger partial charge >= 0.3 is 5.97 Å². The summed E-state index contributed by atoms with van der Waals surface area (Å²) in [7, 11) is 0. The van der Waals surface area contributed by atoms with Crippen LogP contribution in [-0.4, -0.2) is 30.4 Å². The van der Waals surface area contributed by atoms with Crippen LogP contribution in [-0.2, 0) is 20.9 Å². The van der Waals surface area contributed by atoms with E-state index < -0.39 is 11.6 Å². The molecule has 0 aromatic heterocycles. The number of benzene rings is 1. The summed E-state index contributed by atoms with van der Waals surface area (Å²) >= 11 is 0. The normalized spacial score (nSPS) is 13.6. The zero-order valence-electron chi connectivity index (χ0n) is 13.8. The van der Waals surface area contributed by atoms with E-state index in [1.54, 1.807) is 0 Å². The smallest absolute Gasteiger partial charge is 0.349 e. The van der Waals surface area contributed by atoms with Gasteiger partial charge in [0.1, 0.15) is 11.8 Å². The third-order valence-corrected chi connectivity index (χ3v) is 2.59. The van der Waals surface area contributed by atoms with Gasteiger partial charge < -0.3 is 9.47 Å². The first-order valence-electron chi connectivity index (χ1n) is 7.41. The Morgan fingerprint density at radius 3 is 2.55 bits per heavy atom. The monoisotopic (exact) mass is 303 g/mol. The molecular formula is C18H25NO3. The van der Waals surface area contributed by atoms with Gasteiger partial charge in [-0.2, -0.15) is 0 Å². The summed E-state index contributed by atoms with van der Waals surface area (Å²) in [5, 5.41) is 0. The van der Waals surface area contributed by atoms with Gasteiger partial charge in [0, 0.05) is 0 Å². The fourth-order valence-corrected chi connectivity index (χ4v) is 1.73. The van der Waals surface area contributed by atoms with Crippen molar-refractivity contribution in [2.75, 3.05) is 6.61 Å². The molecule has 0 amide bonds. The quantitative estimate of drug-likeness (QED) is 0.439. The zero-order valence-corrected chi connectivity index (χ0v) is 13.8. The summed E-state index contributed by atoms with van der Waals surface area (Å²) in [6, 6.07) is 9.74. The maximum atomic E-state index is 11.6. The van der Waals surface area contributed by atoms with Crippen LogP contribution in [0.5, 0.6) is 0 Å². The number of carbonyl (C=O) groups excluding carboxylic acids is 1. The molecule has 0 radical (unpaired) electrons.